The van der Waals surface area contributed by atoms with Crippen molar-refractivity contribution in [2.75, 3.05) is 13.2 Å². The smallest absolute Gasteiger partial charge is 0.377 e. The van der Waals surface area contributed by atoms with Crippen molar-refractivity contribution in [1.29, 1.82) is 0 Å². The van der Waals surface area contributed by atoms with Crippen LogP contribution in [0.15, 0.2) is 0 Å². The molecule has 1 aliphatic carbocycles. The molecule has 1 heterocycles. The minimum atomic E-state index is -4.27. The van der Waals surface area contributed by atoms with Gasteiger partial charge in [-0.2, -0.15) is 13.2 Å². The molecule has 1 saturated heterocycles. The number of carbonyl (C=O) groups excluding carboxylic acids is 1. The van der Waals surface area contributed by atoms with E-state index >= 15 is 0 Å². The Hall–Kier alpha value is -0.780. The summed E-state index contributed by atoms with van der Waals surface area (Å²) in [6.07, 6.45) is -2.60. The lowest BCUT2D eigenvalue weighted by Crippen LogP contribution is -2.52. The molecular formula is C11H16F3NO2. The number of ether oxygens (including phenoxy) is 1. The van der Waals surface area contributed by atoms with E-state index in [2.05, 4.69) is 5.32 Å². The summed E-state index contributed by atoms with van der Waals surface area (Å²) < 4.78 is 43.2. The summed E-state index contributed by atoms with van der Waals surface area (Å²) >= 11 is 0. The lowest BCUT2D eigenvalue weighted by molar-refractivity contribution is -0.198. The lowest BCUT2D eigenvalue weighted by atomic mass is 9.78. The number of amides is 1. The highest BCUT2D eigenvalue weighted by Gasteiger charge is 2.48. The minimum Gasteiger partial charge on any atom is -0.377 e. The normalized spacial score (nSPS) is 30.8. The van der Waals surface area contributed by atoms with Crippen molar-refractivity contribution in [1.82, 2.24) is 5.32 Å². The van der Waals surface area contributed by atoms with Crippen LogP contribution in [-0.4, -0.2) is 31.3 Å². The van der Waals surface area contributed by atoms with Crippen molar-refractivity contribution in [3.8, 4) is 0 Å². The Morgan fingerprint density at radius 1 is 1.18 bits per heavy atom. The second-order valence-corrected chi connectivity index (χ2v) is 4.78. The number of alkyl halides is 3. The Bertz CT molecular complexity index is 289. The van der Waals surface area contributed by atoms with Gasteiger partial charge in [0.05, 0.1) is 25.2 Å². The first-order valence-electron chi connectivity index (χ1n) is 5.93. The van der Waals surface area contributed by atoms with E-state index in [9.17, 15) is 18.0 Å². The zero-order chi connectivity index (χ0) is 12.5. The SMILES string of the molecule is O=C(NC1COC1)C1CCCCC1C(F)(F)F. The molecule has 0 aromatic heterocycles. The van der Waals surface area contributed by atoms with E-state index in [0.29, 0.717) is 32.5 Å². The first-order valence-corrected chi connectivity index (χ1v) is 5.93. The molecule has 98 valence electrons. The highest BCUT2D eigenvalue weighted by molar-refractivity contribution is 5.79. The highest BCUT2D eigenvalue weighted by Crippen LogP contribution is 2.41. The molecule has 0 spiro atoms. The molecule has 0 aromatic carbocycles. The molecule has 0 bridgehead atoms. The highest BCUT2D eigenvalue weighted by atomic mass is 19.4. The summed E-state index contributed by atoms with van der Waals surface area (Å²) in [5.41, 5.74) is 0. The molecule has 0 radical (unpaired) electrons. The monoisotopic (exact) mass is 251 g/mol. The molecule has 2 aliphatic rings. The van der Waals surface area contributed by atoms with Crippen molar-refractivity contribution < 1.29 is 22.7 Å². The van der Waals surface area contributed by atoms with E-state index in [-0.39, 0.29) is 12.5 Å². The Morgan fingerprint density at radius 3 is 2.35 bits per heavy atom. The third-order valence-electron chi connectivity index (χ3n) is 3.51. The van der Waals surface area contributed by atoms with E-state index < -0.39 is 23.9 Å². The van der Waals surface area contributed by atoms with Gasteiger partial charge in [0.15, 0.2) is 0 Å². The standard InChI is InChI=1S/C11H16F3NO2/c12-11(13,14)9-4-2-1-3-8(9)10(16)15-7-5-17-6-7/h7-9H,1-6H2,(H,15,16). The van der Waals surface area contributed by atoms with Gasteiger partial charge in [0.1, 0.15) is 0 Å². The maximum Gasteiger partial charge on any atom is 0.392 e. The number of nitrogens with one attached hydrogen (secondary N) is 1. The van der Waals surface area contributed by atoms with Gasteiger partial charge in [-0.05, 0) is 12.8 Å². The largest absolute Gasteiger partial charge is 0.392 e. The molecule has 6 heteroatoms. The zero-order valence-electron chi connectivity index (χ0n) is 9.43. The van der Waals surface area contributed by atoms with Gasteiger partial charge >= 0.3 is 6.18 Å². The van der Waals surface area contributed by atoms with Crippen molar-refractivity contribution in [2.45, 2.75) is 37.9 Å². The third-order valence-corrected chi connectivity index (χ3v) is 3.51. The molecular weight excluding hydrogens is 235 g/mol. The van der Waals surface area contributed by atoms with Crippen LogP contribution in [-0.2, 0) is 9.53 Å². The van der Waals surface area contributed by atoms with Gasteiger partial charge in [-0.3, -0.25) is 4.79 Å². The molecule has 1 amide bonds. The van der Waals surface area contributed by atoms with Gasteiger partial charge in [0.25, 0.3) is 0 Å². The first kappa shape index (κ1) is 12.7. The second-order valence-electron chi connectivity index (χ2n) is 4.78. The van der Waals surface area contributed by atoms with Gasteiger partial charge in [-0.1, -0.05) is 12.8 Å². The maximum absolute atomic E-state index is 12.8. The van der Waals surface area contributed by atoms with Crippen LogP contribution in [0.4, 0.5) is 13.2 Å². The van der Waals surface area contributed by atoms with E-state index in [1.807, 2.05) is 0 Å². The summed E-state index contributed by atoms with van der Waals surface area (Å²) in [6.45, 7) is 0.824. The van der Waals surface area contributed by atoms with Crippen molar-refractivity contribution in [3.63, 3.8) is 0 Å². The topological polar surface area (TPSA) is 38.3 Å². The van der Waals surface area contributed by atoms with Crippen LogP contribution in [0, 0.1) is 11.8 Å². The Kier molecular flexibility index (Phi) is 3.61. The van der Waals surface area contributed by atoms with E-state index in [1.165, 1.54) is 0 Å². The molecule has 2 fully saturated rings. The second kappa shape index (κ2) is 4.84. The van der Waals surface area contributed by atoms with Crippen LogP contribution in [0.3, 0.4) is 0 Å². The number of hydrogen-bond acceptors (Lipinski definition) is 2. The molecule has 2 rings (SSSR count). The van der Waals surface area contributed by atoms with E-state index in [0.717, 1.165) is 0 Å². The summed E-state index contributed by atoms with van der Waals surface area (Å²) in [4.78, 5) is 11.8. The predicted octanol–water partition coefficient (Wildman–Crippen LogP) is 1.87. The molecule has 2 atom stereocenters. The summed E-state index contributed by atoms with van der Waals surface area (Å²) in [5, 5.41) is 2.62. The van der Waals surface area contributed by atoms with Gasteiger partial charge in [-0.15, -0.1) is 0 Å². The number of hydrogen-bond donors (Lipinski definition) is 1. The maximum atomic E-state index is 12.8. The Balaban J connectivity index is 1.97. The molecule has 0 aromatic rings. The minimum absolute atomic E-state index is 0.0722. The lowest BCUT2D eigenvalue weighted by Gasteiger charge is -2.34. The van der Waals surface area contributed by atoms with Crippen LogP contribution >= 0.6 is 0 Å². The van der Waals surface area contributed by atoms with Crippen molar-refractivity contribution in [2.24, 2.45) is 11.8 Å². The number of rotatable bonds is 2. The fraction of sp³-hybridized carbons (Fsp3) is 0.909. The van der Waals surface area contributed by atoms with Gasteiger partial charge in [0, 0.05) is 5.92 Å². The average molecular weight is 251 g/mol. The van der Waals surface area contributed by atoms with Gasteiger partial charge < -0.3 is 10.1 Å². The molecule has 3 nitrogen and oxygen atoms in total. The van der Waals surface area contributed by atoms with Crippen LogP contribution in [0.25, 0.3) is 0 Å². The molecule has 17 heavy (non-hydrogen) atoms. The van der Waals surface area contributed by atoms with Crippen molar-refractivity contribution in [3.05, 3.63) is 0 Å². The van der Waals surface area contributed by atoms with Crippen LogP contribution < -0.4 is 5.32 Å². The zero-order valence-corrected chi connectivity index (χ0v) is 9.43. The molecule has 1 N–H and O–H groups in total. The van der Waals surface area contributed by atoms with Crippen molar-refractivity contribution >= 4 is 5.91 Å². The summed E-state index contributed by atoms with van der Waals surface area (Å²) in [7, 11) is 0. The Labute approximate surface area is 97.7 Å². The van der Waals surface area contributed by atoms with Crippen LogP contribution in [0.1, 0.15) is 25.7 Å². The molecule has 1 aliphatic heterocycles. The van der Waals surface area contributed by atoms with E-state index in [4.69, 9.17) is 4.74 Å². The van der Waals surface area contributed by atoms with Crippen LogP contribution in [0.5, 0.6) is 0 Å². The third kappa shape index (κ3) is 2.91. The van der Waals surface area contributed by atoms with E-state index in [1.54, 1.807) is 0 Å². The van der Waals surface area contributed by atoms with Gasteiger partial charge in [-0.25, -0.2) is 0 Å². The fourth-order valence-corrected chi connectivity index (χ4v) is 2.46. The van der Waals surface area contributed by atoms with Gasteiger partial charge in [0.2, 0.25) is 5.91 Å². The average Bonchev–Trinajstić information content (AvgIpc) is 2.22. The fourth-order valence-electron chi connectivity index (χ4n) is 2.46. The Morgan fingerprint density at radius 2 is 1.82 bits per heavy atom. The van der Waals surface area contributed by atoms with Crippen LogP contribution in [0.2, 0.25) is 0 Å². The number of carbonyl (C=O) groups is 1. The number of halogens is 3. The predicted molar refractivity (Wildman–Crippen MR) is 54.3 cm³/mol. The quantitative estimate of drug-likeness (QED) is 0.813. The molecule has 1 saturated carbocycles. The molecule has 2 unspecified atom stereocenters. The first-order chi connectivity index (χ1) is 7.98. The summed E-state index contributed by atoms with van der Waals surface area (Å²) in [6, 6.07) is -0.0988. The summed E-state index contributed by atoms with van der Waals surface area (Å²) in [5.74, 6) is -2.85.